The summed E-state index contributed by atoms with van der Waals surface area (Å²) in [6.07, 6.45) is -5.40. The third-order valence-electron chi connectivity index (χ3n) is 6.71. The standard InChI is InChI=1S/C28H33ClF3N5O5S/c1-5-43(40,41)22-7-6-17(14-33)12-18(22)15-35-25(38)19-13-21(28(30,31)32)20(23(29)24(19)34)16-36-8-10-37(11-9-36)26(39)42-27(2,3)4/h6-7,12-13H,5,8-11,15-16,34H2,1-4H3,(H,35,38). The molecule has 2 aromatic rings. The van der Waals surface area contributed by atoms with Gasteiger partial charge in [-0.2, -0.15) is 18.4 Å². The Labute approximate surface area is 253 Å². The maximum atomic E-state index is 14.2. The number of nitriles is 1. The largest absolute Gasteiger partial charge is 0.444 e. The molecule has 10 nitrogen and oxygen atoms in total. The number of hydrogen-bond donors (Lipinski definition) is 2. The van der Waals surface area contributed by atoms with Gasteiger partial charge in [0.25, 0.3) is 5.91 Å². The number of hydrogen-bond acceptors (Lipinski definition) is 8. The van der Waals surface area contributed by atoms with Crippen LogP contribution in [0.5, 0.6) is 0 Å². The number of benzene rings is 2. The van der Waals surface area contributed by atoms with Crippen LogP contribution in [-0.2, 0) is 33.8 Å². The van der Waals surface area contributed by atoms with E-state index in [4.69, 9.17) is 22.1 Å². The van der Waals surface area contributed by atoms with Gasteiger partial charge in [-0.1, -0.05) is 18.5 Å². The molecule has 0 unspecified atom stereocenters. The fourth-order valence-corrected chi connectivity index (χ4v) is 5.84. The Morgan fingerprint density at radius 1 is 1.14 bits per heavy atom. The van der Waals surface area contributed by atoms with E-state index in [2.05, 4.69) is 5.32 Å². The second-order valence-corrected chi connectivity index (χ2v) is 13.6. The van der Waals surface area contributed by atoms with Crippen molar-refractivity contribution < 1.29 is 35.9 Å². The molecule has 1 aliphatic rings. The molecule has 0 radical (unpaired) electrons. The number of anilines is 1. The summed E-state index contributed by atoms with van der Waals surface area (Å²) < 4.78 is 73.0. The van der Waals surface area contributed by atoms with Gasteiger partial charge in [-0.25, -0.2) is 13.2 Å². The smallest absolute Gasteiger partial charge is 0.416 e. The summed E-state index contributed by atoms with van der Waals surface area (Å²) in [4.78, 5) is 28.5. The maximum absolute atomic E-state index is 14.2. The number of nitrogens with two attached hydrogens (primary N) is 1. The predicted octanol–water partition coefficient (Wildman–Crippen LogP) is 4.59. The Hall–Kier alpha value is -3.54. The fraction of sp³-hybridized carbons (Fsp3) is 0.464. The number of nitrogens with zero attached hydrogens (tertiary/aromatic N) is 3. The number of sulfone groups is 1. The second-order valence-electron chi connectivity index (χ2n) is 10.9. The summed E-state index contributed by atoms with van der Waals surface area (Å²) in [5.74, 6) is -1.25. The Morgan fingerprint density at radius 2 is 1.77 bits per heavy atom. The van der Waals surface area contributed by atoms with Crippen molar-refractivity contribution >= 4 is 39.1 Å². The van der Waals surface area contributed by atoms with Crippen LogP contribution >= 0.6 is 11.6 Å². The van der Waals surface area contributed by atoms with Crippen molar-refractivity contribution in [2.45, 2.75) is 57.5 Å². The average Bonchev–Trinajstić information content (AvgIpc) is 2.92. The van der Waals surface area contributed by atoms with Crippen LogP contribution in [0.2, 0.25) is 5.02 Å². The van der Waals surface area contributed by atoms with Gasteiger partial charge in [0.1, 0.15) is 5.60 Å². The topological polar surface area (TPSA) is 146 Å². The van der Waals surface area contributed by atoms with Crippen LogP contribution in [-0.4, -0.2) is 67.8 Å². The molecular formula is C28H33ClF3N5O5S. The van der Waals surface area contributed by atoms with Gasteiger partial charge in [0.2, 0.25) is 0 Å². The van der Waals surface area contributed by atoms with E-state index >= 15 is 0 Å². The molecule has 0 aromatic heterocycles. The van der Waals surface area contributed by atoms with Crippen molar-refractivity contribution in [3.05, 3.63) is 57.1 Å². The highest BCUT2D eigenvalue weighted by Gasteiger charge is 2.37. The molecule has 1 aliphatic heterocycles. The molecule has 2 aromatic carbocycles. The van der Waals surface area contributed by atoms with Crippen molar-refractivity contribution in [2.75, 3.05) is 37.7 Å². The normalized spacial score (nSPS) is 14.7. The van der Waals surface area contributed by atoms with Gasteiger partial charge in [0.05, 0.1) is 44.1 Å². The number of ether oxygens (including phenoxy) is 1. The summed E-state index contributed by atoms with van der Waals surface area (Å²) in [5, 5.41) is 11.2. The van der Waals surface area contributed by atoms with E-state index in [1.165, 1.54) is 30.0 Å². The minimum Gasteiger partial charge on any atom is -0.444 e. The first-order chi connectivity index (χ1) is 19.9. The quantitative estimate of drug-likeness (QED) is 0.417. The van der Waals surface area contributed by atoms with Crippen LogP contribution in [0.3, 0.4) is 0 Å². The van der Waals surface area contributed by atoms with Gasteiger partial charge in [0.15, 0.2) is 9.84 Å². The number of carbonyl (C=O) groups is 2. The molecule has 1 heterocycles. The monoisotopic (exact) mass is 643 g/mol. The van der Waals surface area contributed by atoms with Crippen LogP contribution in [0.4, 0.5) is 23.7 Å². The third-order valence-corrected chi connectivity index (χ3v) is 8.97. The highest BCUT2D eigenvalue weighted by Crippen LogP contribution is 2.40. The van der Waals surface area contributed by atoms with E-state index in [1.807, 2.05) is 6.07 Å². The molecule has 1 saturated heterocycles. The Balaban J connectivity index is 1.85. The lowest BCUT2D eigenvalue weighted by molar-refractivity contribution is -0.138. The third kappa shape index (κ3) is 8.31. The Kier molecular flexibility index (Phi) is 10.3. The summed E-state index contributed by atoms with van der Waals surface area (Å²) in [6, 6.07) is 6.35. The zero-order chi connectivity index (χ0) is 32.3. The van der Waals surface area contributed by atoms with Gasteiger partial charge >= 0.3 is 12.3 Å². The number of nitrogens with one attached hydrogen (secondary N) is 1. The first kappa shape index (κ1) is 34.0. The van der Waals surface area contributed by atoms with Crippen molar-refractivity contribution in [3.63, 3.8) is 0 Å². The van der Waals surface area contributed by atoms with Crippen molar-refractivity contribution in [1.29, 1.82) is 5.26 Å². The average molecular weight is 644 g/mol. The minimum absolute atomic E-state index is 0.0945. The number of halogens is 4. The van der Waals surface area contributed by atoms with Gasteiger partial charge in [-0.05, 0) is 56.2 Å². The number of rotatable bonds is 7. The molecule has 43 heavy (non-hydrogen) atoms. The summed E-state index contributed by atoms with van der Waals surface area (Å²) in [5.41, 5.74) is 3.24. The first-order valence-electron chi connectivity index (χ1n) is 13.3. The van der Waals surface area contributed by atoms with Crippen LogP contribution < -0.4 is 11.1 Å². The zero-order valence-electron chi connectivity index (χ0n) is 24.1. The van der Waals surface area contributed by atoms with E-state index < -0.39 is 56.3 Å². The van der Waals surface area contributed by atoms with Crippen molar-refractivity contribution in [2.24, 2.45) is 0 Å². The lowest BCUT2D eigenvalue weighted by atomic mass is 9.99. The maximum Gasteiger partial charge on any atom is 0.416 e. The Bertz CT molecular complexity index is 1540. The number of amides is 2. The van der Waals surface area contributed by atoms with E-state index in [-0.39, 0.29) is 65.7 Å². The first-order valence-corrected chi connectivity index (χ1v) is 15.3. The van der Waals surface area contributed by atoms with Gasteiger partial charge in [0, 0.05) is 39.3 Å². The lowest BCUT2D eigenvalue weighted by Crippen LogP contribution is -2.49. The molecular weight excluding hydrogens is 611 g/mol. The molecule has 234 valence electrons. The predicted molar refractivity (Wildman–Crippen MR) is 154 cm³/mol. The highest BCUT2D eigenvalue weighted by atomic mass is 35.5. The SMILES string of the molecule is CCS(=O)(=O)c1ccc(C#N)cc1CNC(=O)c1cc(C(F)(F)F)c(CN2CCN(C(=O)OC(C)(C)C)CC2)c(Cl)c1N. The molecule has 0 saturated carbocycles. The van der Waals surface area contributed by atoms with Crippen LogP contribution in [0.15, 0.2) is 29.2 Å². The molecule has 0 aliphatic carbocycles. The van der Waals surface area contributed by atoms with Crippen LogP contribution in [0.25, 0.3) is 0 Å². The number of carbonyl (C=O) groups excluding carboxylic acids is 2. The van der Waals surface area contributed by atoms with E-state index in [1.54, 1.807) is 25.7 Å². The minimum atomic E-state index is -4.89. The molecule has 0 spiro atoms. The zero-order valence-corrected chi connectivity index (χ0v) is 25.7. The molecule has 0 atom stereocenters. The lowest BCUT2D eigenvalue weighted by Gasteiger charge is -2.36. The van der Waals surface area contributed by atoms with E-state index in [0.717, 1.165) is 0 Å². The molecule has 15 heteroatoms. The van der Waals surface area contributed by atoms with Crippen molar-refractivity contribution in [3.8, 4) is 6.07 Å². The number of alkyl halides is 3. The molecule has 3 N–H and O–H groups in total. The summed E-state index contributed by atoms with van der Waals surface area (Å²) >= 11 is 6.35. The highest BCUT2D eigenvalue weighted by molar-refractivity contribution is 7.91. The van der Waals surface area contributed by atoms with E-state index in [0.29, 0.717) is 6.07 Å². The fourth-order valence-electron chi connectivity index (χ4n) is 4.46. The van der Waals surface area contributed by atoms with Crippen LogP contribution in [0, 0.1) is 11.3 Å². The van der Waals surface area contributed by atoms with Gasteiger partial charge < -0.3 is 20.7 Å². The van der Waals surface area contributed by atoms with E-state index in [9.17, 15) is 36.4 Å². The van der Waals surface area contributed by atoms with Crippen molar-refractivity contribution in [1.82, 2.24) is 15.1 Å². The molecule has 2 amide bonds. The number of piperazine rings is 1. The van der Waals surface area contributed by atoms with Crippen LogP contribution in [0.1, 0.15) is 60.3 Å². The molecule has 3 rings (SSSR count). The van der Waals surface area contributed by atoms with Gasteiger partial charge in [-0.15, -0.1) is 0 Å². The second kappa shape index (κ2) is 13.0. The number of nitrogen functional groups attached to an aromatic ring is 1. The Morgan fingerprint density at radius 3 is 2.30 bits per heavy atom. The van der Waals surface area contributed by atoms with Gasteiger partial charge in [-0.3, -0.25) is 9.69 Å². The molecule has 0 bridgehead atoms. The summed E-state index contributed by atoms with van der Waals surface area (Å²) in [6.45, 7) is 6.95. The molecule has 1 fully saturated rings. The summed E-state index contributed by atoms with van der Waals surface area (Å²) in [7, 11) is -3.73.